The van der Waals surface area contributed by atoms with Crippen molar-refractivity contribution in [2.24, 2.45) is 0 Å². The number of aromatic nitrogens is 5. The van der Waals surface area contributed by atoms with Crippen molar-refractivity contribution in [1.29, 1.82) is 0 Å². The first-order valence-corrected chi connectivity index (χ1v) is 18.3. The summed E-state index contributed by atoms with van der Waals surface area (Å²) in [6.07, 6.45) is 4.88. The van der Waals surface area contributed by atoms with Crippen LogP contribution in [0, 0.1) is 0 Å². The minimum atomic E-state index is -1.19. The molecule has 0 spiro atoms. The Balaban J connectivity index is 0.964. The Labute approximate surface area is 321 Å². The average Bonchev–Trinajstić information content (AvgIpc) is 3.59. The van der Waals surface area contributed by atoms with Crippen LogP contribution in [0.3, 0.4) is 0 Å². The number of anilines is 4. The van der Waals surface area contributed by atoms with E-state index in [2.05, 4.69) is 37.4 Å². The lowest BCUT2D eigenvalue weighted by molar-refractivity contribution is -0.136. The molecule has 7 rings (SSSR count). The first-order chi connectivity index (χ1) is 26.8. The number of hydrogen-bond donors (Lipinski definition) is 4. The van der Waals surface area contributed by atoms with Crippen molar-refractivity contribution < 1.29 is 24.3 Å². The zero-order valence-corrected chi connectivity index (χ0v) is 31.3. The van der Waals surface area contributed by atoms with Crippen molar-refractivity contribution >= 4 is 57.7 Å². The number of fused-ring (bicyclic) bond motifs is 2. The molecule has 4 amide bonds. The van der Waals surface area contributed by atoms with Crippen molar-refractivity contribution in [3.8, 4) is 5.82 Å². The molecule has 1 unspecified atom stereocenters. The molecule has 0 bridgehead atoms. The summed E-state index contributed by atoms with van der Waals surface area (Å²) in [5.41, 5.74) is 2.06. The van der Waals surface area contributed by atoms with Crippen LogP contribution in [0.15, 0.2) is 84.3 Å². The highest BCUT2D eigenvalue weighted by molar-refractivity contribution is 6.25. The highest BCUT2D eigenvalue weighted by atomic mass is 16.3. The van der Waals surface area contributed by atoms with Gasteiger partial charge in [0.25, 0.3) is 17.4 Å². The number of nitrogens with zero attached hydrogens (tertiary/aromatic N) is 7. The van der Waals surface area contributed by atoms with Gasteiger partial charge in [-0.3, -0.25) is 34.2 Å². The van der Waals surface area contributed by atoms with Crippen LogP contribution in [-0.2, 0) is 21.7 Å². The first kappa shape index (κ1) is 37.6. The van der Waals surface area contributed by atoms with Gasteiger partial charge in [0.2, 0.25) is 17.8 Å². The number of rotatable bonds is 14. The van der Waals surface area contributed by atoms with Crippen LogP contribution in [0.5, 0.6) is 0 Å². The van der Waals surface area contributed by atoms with Crippen LogP contribution in [0.25, 0.3) is 16.9 Å². The summed E-state index contributed by atoms with van der Waals surface area (Å²) in [6, 6.07) is 17.0. The molecule has 2 aliphatic rings. The molecule has 5 aromatic rings. The van der Waals surface area contributed by atoms with E-state index < -0.39 is 35.3 Å². The normalized spacial score (nSPS) is 15.6. The molecule has 0 saturated carbocycles. The van der Waals surface area contributed by atoms with Crippen LogP contribution in [0.4, 0.5) is 23.0 Å². The highest BCUT2D eigenvalue weighted by Gasteiger charge is 2.45. The van der Waals surface area contributed by atoms with Crippen LogP contribution in [0.2, 0.25) is 0 Å². The molecule has 5 heterocycles. The van der Waals surface area contributed by atoms with Crippen molar-refractivity contribution in [1.82, 2.24) is 34.5 Å². The predicted octanol–water partition coefficient (Wildman–Crippen LogP) is 3.86. The van der Waals surface area contributed by atoms with Crippen molar-refractivity contribution in [3.63, 3.8) is 0 Å². The maximum absolute atomic E-state index is 13.4. The van der Waals surface area contributed by atoms with E-state index in [1.54, 1.807) is 61.0 Å². The Morgan fingerprint density at radius 2 is 1.77 bits per heavy atom. The molecule has 4 N–H and O–H groups in total. The average molecular weight is 759 g/mol. The quantitative estimate of drug-likeness (QED) is 0.0727. The number of unbranched alkanes of at least 4 members (excludes halogenated alkanes) is 1. The molecule has 0 aliphatic carbocycles. The van der Waals surface area contributed by atoms with Gasteiger partial charge in [-0.1, -0.05) is 18.2 Å². The first-order valence-electron chi connectivity index (χ1n) is 18.3. The zero-order chi connectivity index (χ0) is 39.7. The maximum atomic E-state index is 13.4. The van der Waals surface area contributed by atoms with Gasteiger partial charge in [0.15, 0.2) is 11.5 Å². The van der Waals surface area contributed by atoms with Crippen LogP contribution in [-0.4, -0.2) is 84.1 Å². The zero-order valence-electron chi connectivity index (χ0n) is 31.3. The fraction of sp³-hybridized carbons (Fsp3) is 0.300. The summed E-state index contributed by atoms with van der Waals surface area (Å²) < 4.78 is 3.09. The van der Waals surface area contributed by atoms with Gasteiger partial charge in [-0.25, -0.2) is 19.3 Å². The second kappa shape index (κ2) is 15.2. The number of carbonyl (C=O) groups excluding carboxylic acids is 4. The highest BCUT2D eigenvalue weighted by Crippen LogP contribution is 2.32. The van der Waals surface area contributed by atoms with E-state index in [0.717, 1.165) is 35.7 Å². The predicted molar refractivity (Wildman–Crippen MR) is 210 cm³/mol. The largest absolute Gasteiger partial charge is 0.384 e. The number of imide groups is 2. The van der Waals surface area contributed by atoms with Gasteiger partial charge in [0, 0.05) is 49.8 Å². The van der Waals surface area contributed by atoms with E-state index in [-0.39, 0.29) is 42.0 Å². The van der Waals surface area contributed by atoms with E-state index in [1.807, 2.05) is 31.3 Å². The van der Waals surface area contributed by atoms with Gasteiger partial charge in [-0.2, -0.15) is 4.98 Å². The summed E-state index contributed by atoms with van der Waals surface area (Å²) in [4.78, 5) is 80.7. The molecule has 0 radical (unpaired) electrons. The fourth-order valence-corrected chi connectivity index (χ4v) is 6.91. The van der Waals surface area contributed by atoms with Gasteiger partial charge >= 0.3 is 0 Å². The number of carbonyl (C=O) groups is 4. The molecule has 16 nitrogen and oxygen atoms in total. The fourth-order valence-electron chi connectivity index (χ4n) is 6.91. The third kappa shape index (κ3) is 7.25. The molecule has 1 fully saturated rings. The molecule has 2 aliphatic heterocycles. The van der Waals surface area contributed by atoms with Crippen LogP contribution in [0.1, 0.15) is 65.9 Å². The standard InChI is InChI=1S/C40H42N10O6/c1-5-21-48-36(53)27-23-42-39(46-34(27)50(48)31-13-9-12-30(44-31)40(2,3)56)43-24-14-16-25(17-15-24)47(4)22-7-6-20-41-28-11-8-10-26-33(28)38(55)49(37(26)54)29-18-19-32(51)45-35(29)52/h5,8-17,23,29,41,56H,1,6-7,18-22H2,2-4H3,(H,42,43,46)(H,45,51,52). The minimum absolute atomic E-state index is 0.0641. The van der Waals surface area contributed by atoms with Gasteiger partial charge < -0.3 is 20.6 Å². The smallest absolute Gasteiger partial charge is 0.278 e. The maximum Gasteiger partial charge on any atom is 0.278 e. The molecule has 1 atom stereocenters. The van der Waals surface area contributed by atoms with Gasteiger partial charge in [0.05, 0.1) is 23.4 Å². The van der Waals surface area contributed by atoms with Crippen LogP contribution < -0.4 is 26.4 Å². The number of benzene rings is 2. The number of allylic oxidation sites excluding steroid dienone is 1. The van der Waals surface area contributed by atoms with Gasteiger partial charge in [0.1, 0.15) is 17.0 Å². The minimum Gasteiger partial charge on any atom is -0.384 e. The van der Waals surface area contributed by atoms with Gasteiger partial charge in [-0.15, -0.1) is 6.58 Å². The van der Waals surface area contributed by atoms with E-state index in [4.69, 9.17) is 4.98 Å². The lowest BCUT2D eigenvalue weighted by Gasteiger charge is -2.27. The molecule has 2 aromatic carbocycles. The Morgan fingerprint density at radius 1 is 1.00 bits per heavy atom. The lowest BCUT2D eigenvalue weighted by Crippen LogP contribution is -2.54. The molecule has 288 valence electrons. The van der Waals surface area contributed by atoms with E-state index >= 15 is 0 Å². The number of nitrogens with one attached hydrogen (secondary N) is 3. The van der Waals surface area contributed by atoms with E-state index in [1.165, 1.54) is 10.9 Å². The molecular formula is C40H42N10O6. The topological polar surface area (TPSA) is 197 Å². The Bertz CT molecular complexity index is 2430. The molecule has 3 aromatic heterocycles. The van der Waals surface area contributed by atoms with E-state index in [9.17, 15) is 29.1 Å². The van der Waals surface area contributed by atoms with Crippen molar-refractivity contribution in [3.05, 3.63) is 107 Å². The Hall–Kier alpha value is -6.68. The summed E-state index contributed by atoms with van der Waals surface area (Å²) in [5.74, 6) is -1.43. The summed E-state index contributed by atoms with van der Waals surface area (Å²) in [6.45, 7) is 8.61. The summed E-state index contributed by atoms with van der Waals surface area (Å²) in [7, 11) is 2.00. The van der Waals surface area contributed by atoms with Crippen molar-refractivity contribution in [2.75, 3.05) is 35.7 Å². The second-order valence-electron chi connectivity index (χ2n) is 14.3. The van der Waals surface area contributed by atoms with Crippen molar-refractivity contribution in [2.45, 2.75) is 57.7 Å². The number of piperidine rings is 1. The van der Waals surface area contributed by atoms with Gasteiger partial charge in [-0.05, 0) is 81.6 Å². The Kier molecular flexibility index (Phi) is 10.2. The molecule has 16 heteroatoms. The third-order valence-corrected chi connectivity index (χ3v) is 9.82. The summed E-state index contributed by atoms with van der Waals surface area (Å²) >= 11 is 0. The van der Waals surface area contributed by atoms with Crippen LogP contribution >= 0.6 is 0 Å². The number of aliphatic hydroxyl groups is 1. The number of hydrogen-bond acceptors (Lipinski definition) is 12. The number of pyridine rings is 1. The lowest BCUT2D eigenvalue weighted by atomic mass is 10.0. The monoisotopic (exact) mass is 758 g/mol. The summed E-state index contributed by atoms with van der Waals surface area (Å²) in [5, 5.41) is 19.6. The molecule has 1 saturated heterocycles. The number of amides is 4. The second-order valence-corrected chi connectivity index (χ2v) is 14.3. The molecular weight excluding hydrogens is 717 g/mol. The third-order valence-electron chi connectivity index (χ3n) is 9.82. The SMILES string of the molecule is C=CCn1c(=O)c2cnc(Nc3ccc(N(C)CCCCNc4cccc5c4C(=O)N(C4CCC(=O)NC4=O)C5=O)cc3)nc2n1-c1cccc(C(C)(C)O)n1. The van der Waals surface area contributed by atoms with E-state index in [0.29, 0.717) is 34.8 Å². The Morgan fingerprint density at radius 3 is 2.50 bits per heavy atom. The molecule has 56 heavy (non-hydrogen) atoms.